The Morgan fingerprint density at radius 3 is 2.94 bits per heavy atom. The highest BCUT2D eigenvalue weighted by Gasteiger charge is 2.09. The molecule has 2 aromatic heterocycles. The molecule has 0 aliphatic rings. The number of fused-ring (bicyclic) bond motifs is 1. The van der Waals surface area contributed by atoms with Crippen LogP contribution in [0, 0.1) is 6.92 Å². The minimum absolute atomic E-state index is 1.01. The van der Waals surface area contributed by atoms with E-state index in [2.05, 4.69) is 44.0 Å². The smallest absolute Gasteiger partial charge is 0.154 e. The molecule has 0 atom stereocenters. The Hall–Kier alpha value is -1.10. The highest BCUT2D eigenvalue weighted by atomic mass is 79.9. The maximum atomic E-state index is 4.47. The molecule has 0 amide bonds. The SMILES string of the molecule is Cc1cc2c(N(C)CCCCCBr)nccn2n1. The van der Waals surface area contributed by atoms with Crippen molar-refractivity contribution in [2.75, 3.05) is 23.8 Å². The van der Waals surface area contributed by atoms with Gasteiger partial charge < -0.3 is 4.90 Å². The van der Waals surface area contributed by atoms with E-state index in [1.165, 1.54) is 19.3 Å². The van der Waals surface area contributed by atoms with E-state index < -0.39 is 0 Å². The van der Waals surface area contributed by atoms with E-state index in [1.54, 1.807) is 0 Å². The first-order chi connectivity index (χ1) is 8.72. The largest absolute Gasteiger partial charge is 0.358 e. The van der Waals surface area contributed by atoms with Crippen molar-refractivity contribution < 1.29 is 0 Å². The van der Waals surface area contributed by atoms with Crippen molar-refractivity contribution in [1.29, 1.82) is 0 Å². The fraction of sp³-hybridized carbons (Fsp3) is 0.538. The topological polar surface area (TPSA) is 33.4 Å². The summed E-state index contributed by atoms with van der Waals surface area (Å²) in [5.41, 5.74) is 2.11. The fourth-order valence-electron chi connectivity index (χ4n) is 2.05. The third-order valence-electron chi connectivity index (χ3n) is 2.98. The molecule has 0 unspecified atom stereocenters. The summed E-state index contributed by atoms with van der Waals surface area (Å²) in [6, 6.07) is 2.08. The van der Waals surface area contributed by atoms with E-state index >= 15 is 0 Å². The molecule has 2 heterocycles. The molecule has 5 heteroatoms. The molecular formula is C13H19BrN4. The van der Waals surface area contributed by atoms with Gasteiger partial charge in [-0.05, 0) is 25.8 Å². The Bertz CT molecular complexity index is 509. The summed E-state index contributed by atoms with van der Waals surface area (Å²) >= 11 is 3.46. The first-order valence-electron chi connectivity index (χ1n) is 6.30. The average molecular weight is 311 g/mol. The zero-order valence-corrected chi connectivity index (χ0v) is 12.5. The first-order valence-corrected chi connectivity index (χ1v) is 7.42. The zero-order valence-electron chi connectivity index (χ0n) is 10.9. The molecule has 98 valence electrons. The molecular weight excluding hydrogens is 292 g/mol. The molecule has 18 heavy (non-hydrogen) atoms. The Balaban J connectivity index is 2.09. The average Bonchev–Trinajstić information content (AvgIpc) is 2.74. The van der Waals surface area contributed by atoms with Crippen molar-refractivity contribution in [3.8, 4) is 0 Å². The predicted molar refractivity (Wildman–Crippen MR) is 78.6 cm³/mol. The van der Waals surface area contributed by atoms with Gasteiger partial charge in [-0.1, -0.05) is 22.4 Å². The lowest BCUT2D eigenvalue weighted by Gasteiger charge is -2.18. The number of alkyl halides is 1. The van der Waals surface area contributed by atoms with Crippen LogP contribution in [-0.2, 0) is 0 Å². The van der Waals surface area contributed by atoms with Crippen LogP contribution in [0.5, 0.6) is 0 Å². The number of hydrogen-bond donors (Lipinski definition) is 0. The van der Waals surface area contributed by atoms with Gasteiger partial charge in [0.1, 0.15) is 5.52 Å². The molecule has 0 saturated carbocycles. The van der Waals surface area contributed by atoms with Crippen molar-refractivity contribution in [1.82, 2.24) is 14.6 Å². The van der Waals surface area contributed by atoms with Crippen molar-refractivity contribution in [2.45, 2.75) is 26.2 Å². The summed E-state index contributed by atoms with van der Waals surface area (Å²) < 4.78 is 1.90. The number of aromatic nitrogens is 3. The van der Waals surface area contributed by atoms with E-state index in [9.17, 15) is 0 Å². The van der Waals surface area contributed by atoms with Gasteiger partial charge in [0.05, 0.1) is 5.69 Å². The lowest BCUT2D eigenvalue weighted by Crippen LogP contribution is -2.20. The van der Waals surface area contributed by atoms with Crippen molar-refractivity contribution in [3.63, 3.8) is 0 Å². The second-order valence-electron chi connectivity index (χ2n) is 4.54. The normalized spacial score (nSPS) is 11.1. The number of anilines is 1. The quantitative estimate of drug-likeness (QED) is 0.607. The Labute approximate surface area is 116 Å². The number of nitrogens with zero attached hydrogens (tertiary/aromatic N) is 4. The number of aryl methyl sites for hydroxylation is 1. The van der Waals surface area contributed by atoms with Gasteiger partial charge in [0.15, 0.2) is 5.82 Å². The third kappa shape index (κ3) is 3.02. The summed E-state index contributed by atoms with van der Waals surface area (Å²) in [4.78, 5) is 6.69. The van der Waals surface area contributed by atoms with E-state index in [-0.39, 0.29) is 0 Å². The fourth-order valence-corrected chi connectivity index (χ4v) is 2.45. The molecule has 0 radical (unpaired) electrons. The second-order valence-corrected chi connectivity index (χ2v) is 5.33. The molecule has 0 N–H and O–H groups in total. The molecule has 4 nitrogen and oxygen atoms in total. The van der Waals surface area contributed by atoms with Crippen LogP contribution in [0.15, 0.2) is 18.5 Å². The van der Waals surface area contributed by atoms with Crippen molar-refractivity contribution >= 4 is 27.3 Å². The summed E-state index contributed by atoms with van der Waals surface area (Å²) in [6.07, 6.45) is 7.38. The van der Waals surface area contributed by atoms with Gasteiger partial charge >= 0.3 is 0 Å². The van der Waals surface area contributed by atoms with Crippen LogP contribution in [0.3, 0.4) is 0 Å². The molecule has 0 aliphatic carbocycles. The van der Waals surface area contributed by atoms with Crippen LogP contribution in [0.2, 0.25) is 0 Å². The van der Waals surface area contributed by atoms with Gasteiger partial charge in [0, 0.05) is 31.3 Å². The van der Waals surface area contributed by atoms with Crippen LogP contribution in [0.25, 0.3) is 5.52 Å². The molecule has 2 aromatic rings. The molecule has 0 aliphatic heterocycles. The maximum Gasteiger partial charge on any atom is 0.154 e. The Kier molecular flexibility index (Phi) is 4.58. The van der Waals surface area contributed by atoms with Crippen LogP contribution in [0.1, 0.15) is 25.0 Å². The highest BCUT2D eigenvalue weighted by Crippen LogP contribution is 2.18. The summed E-state index contributed by atoms with van der Waals surface area (Å²) in [6.45, 7) is 3.04. The van der Waals surface area contributed by atoms with E-state index in [0.29, 0.717) is 0 Å². The molecule has 0 bridgehead atoms. The monoisotopic (exact) mass is 310 g/mol. The Morgan fingerprint density at radius 1 is 1.33 bits per heavy atom. The van der Waals surface area contributed by atoms with Gasteiger partial charge in [-0.2, -0.15) is 5.10 Å². The van der Waals surface area contributed by atoms with Crippen molar-refractivity contribution in [2.24, 2.45) is 0 Å². The minimum atomic E-state index is 1.01. The zero-order chi connectivity index (χ0) is 13.0. The lowest BCUT2D eigenvalue weighted by molar-refractivity contribution is 0.706. The summed E-state index contributed by atoms with van der Waals surface area (Å²) in [7, 11) is 2.10. The molecule has 0 spiro atoms. The van der Waals surface area contributed by atoms with E-state index in [4.69, 9.17) is 0 Å². The van der Waals surface area contributed by atoms with Gasteiger partial charge in [-0.25, -0.2) is 9.50 Å². The van der Waals surface area contributed by atoms with Gasteiger partial charge in [0.2, 0.25) is 0 Å². The third-order valence-corrected chi connectivity index (χ3v) is 3.54. The van der Waals surface area contributed by atoms with Gasteiger partial charge in [-0.3, -0.25) is 0 Å². The standard InChI is InChI=1S/C13H19BrN4/c1-11-10-12-13(15-7-9-18(12)16-11)17(2)8-5-3-4-6-14/h7,9-10H,3-6,8H2,1-2H3. The predicted octanol–water partition coefficient (Wildman–Crippen LogP) is 3.04. The molecule has 2 rings (SSSR count). The second kappa shape index (κ2) is 6.18. The van der Waals surface area contributed by atoms with E-state index in [0.717, 1.165) is 28.9 Å². The minimum Gasteiger partial charge on any atom is -0.358 e. The lowest BCUT2D eigenvalue weighted by atomic mass is 10.2. The van der Waals surface area contributed by atoms with Crippen LogP contribution in [-0.4, -0.2) is 33.5 Å². The van der Waals surface area contributed by atoms with Gasteiger partial charge in [-0.15, -0.1) is 0 Å². The Morgan fingerprint density at radius 2 is 2.17 bits per heavy atom. The highest BCUT2D eigenvalue weighted by molar-refractivity contribution is 9.09. The summed E-state index contributed by atoms with van der Waals surface area (Å²) in [5, 5.41) is 5.50. The number of unbranched alkanes of at least 4 members (excludes halogenated alkanes) is 2. The van der Waals surface area contributed by atoms with Crippen molar-refractivity contribution in [3.05, 3.63) is 24.2 Å². The number of halogens is 1. The van der Waals surface area contributed by atoms with Gasteiger partial charge in [0.25, 0.3) is 0 Å². The first kappa shape index (κ1) is 13.3. The molecule has 0 fully saturated rings. The maximum absolute atomic E-state index is 4.47. The van der Waals surface area contributed by atoms with Crippen LogP contribution in [0.4, 0.5) is 5.82 Å². The molecule has 0 saturated heterocycles. The number of rotatable bonds is 6. The summed E-state index contributed by atoms with van der Waals surface area (Å²) in [5.74, 6) is 1.01. The van der Waals surface area contributed by atoms with Crippen LogP contribution >= 0.6 is 15.9 Å². The van der Waals surface area contributed by atoms with Crippen LogP contribution < -0.4 is 4.90 Å². The molecule has 0 aromatic carbocycles. The number of hydrogen-bond acceptors (Lipinski definition) is 3. The van der Waals surface area contributed by atoms with E-state index in [1.807, 2.05) is 23.8 Å².